The number of aryl methyl sites for hydroxylation is 1. The van der Waals surface area contributed by atoms with Crippen LogP contribution in [-0.4, -0.2) is 33.9 Å². The van der Waals surface area contributed by atoms with Gasteiger partial charge < -0.3 is 9.73 Å². The molecule has 4 heterocycles. The Bertz CT molecular complexity index is 1400. The maximum Gasteiger partial charge on any atom is 0.240 e. The van der Waals surface area contributed by atoms with Crippen molar-refractivity contribution in [3.05, 3.63) is 87.6 Å². The third-order valence-corrected chi connectivity index (χ3v) is 8.61. The van der Waals surface area contributed by atoms with E-state index in [0.717, 1.165) is 27.4 Å². The maximum atomic E-state index is 13.7. The fraction of sp³-hybridized carbons (Fsp3) is 0.321. The van der Waals surface area contributed by atoms with Crippen LogP contribution in [0.4, 0.5) is 5.82 Å². The Kier molecular flexibility index (Phi) is 7.00. The molecule has 1 N–H and O–H groups in total. The van der Waals surface area contributed by atoms with Gasteiger partial charge in [0, 0.05) is 15.9 Å². The van der Waals surface area contributed by atoms with Gasteiger partial charge in [-0.05, 0) is 42.1 Å². The minimum absolute atomic E-state index is 0.0675. The van der Waals surface area contributed by atoms with Gasteiger partial charge >= 0.3 is 0 Å². The molecule has 1 aromatic carbocycles. The van der Waals surface area contributed by atoms with Crippen molar-refractivity contribution in [2.75, 3.05) is 17.2 Å². The van der Waals surface area contributed by atoms with Gasteiger partial charge in [0.25, 0.3) is 0 Å². The number of thioether (sulfide) groups is 1. The zero-order valence-electron chi connectivity index (χ0n) is 21.4. The molecule has 2 amide bonds. The van der Waals surface area contributed by atoms with Crippen LogP contribution in [0.2, 0.25) is 0 Å². The second-order valence-electron chi connectivity index (χ2n) is 10.1. The lowest BCUT2D eigenvalue weighted by atomic mass is 9.88. The predicted octanol–water partition coefficient (Wildman–Crippen LogP) is 5.62. The molecule has 0 saturated heterocycles. The van der Waals surface area contributed by atoms with Crippen molar-refractivity contribution >= 4 is 40.7 Å². The summed E-state index contributed by atoms with van der Waals surface area (Å²) in [5.74, 6) is 1.21. The Balaban J connectivity index is 1.66. The van der Waals surface area contributed by atoms with Gasteiger partial charge in [-0.3, -0.25) is 14.5 Å². The molecule has 9 heteroatoms. The highest BCUT2D eigenvalue weighted by Gasteiger charge is 2.40. The highest BCUT2D eigenvalue weighted by atomic mass is 32.2. The van der Waals surface area contributed by atoms with Gasteiger partial charge in [-0.15, -0.1) is 23.1 Å². The molecule has 0 spiro atoms. The molecule has 7 nitrogen and oxygen atoms in total. The monoisotopic (exact) mass is 534 g/mol. The van der Waals surface area contributed by atoms with Gasteiger partial charge in [0.2, 0.25) is 11.8 Å². The minimum atomic E-state index is -0.283. The van der Waals surface area contributed by atoms with Crippen LogP contribution in [-0.2, 0) is 21.5 Å². The Morgan fingerprint density at radius 1 is 1.16 bits per heavy atom. The molecule has 0 saturated carbocycles. The quantitative estimate of drug-likeness (QED) is 0.347. The average Bonchev–Trinajstić information content (AvgIpc) is 3.62. The van der Waals surface area contributed by atoms with Gasteiger partial charge in [-0.1, -0.05) is 45.0 Å². The maximum absolute atomic E-state index is 13.7. The summed E-state index contributed by atoms with van der Waals surface area (Å²) in [5.41, 5.74) is 3.56. The van der Waals surface area contributed by atoms with Crippen molar-refractivity contribution in [3.8, 4) is 5.69 Å². The number of thiophene rings is 1. The average molecular weight is 535 g/mol. The number of carbonyl (C=O) groups excluding carboxylic acids is 2. The summed E-state index contributed by atoms with van der Waals surface area (Å²) in [6.45, 7) is 8.61. The number of anilines is 1. The standard InChI is InChI=1S/C28H30N4O3S2/c1-18-9-5-6-11-20(18)32-27-24(26(30-32)28(2,3)4)25(21-12-8-14-36-21)37-17-23(34)31(27)16-22(33)29-15-19-10-7-13-35-19/h5-14,25H,15-17H2,1-4H3,(H,29,33)/t25-/m1/s1. The number of nitrogens with zero attached hydrogens (tertiary/aromatic N) is 3. The lowest BCUT2D eigenvalue weighted by molar-refractivity contribution is -0.123. The number of hydrogen-bond acceptors (Lipinski definition) is 6. The Hall–Kier alpha value is -3.30. The summed E-state index contributed by atoms with van der Waals surface area (Å²) >= 11 is 3.27. The normalized spacial score (nSPS) is 15.9. The highest BCUT2D eigenvalue weighted by Crippen LogP contribution is 2.49. The topological polar surface area (TPSA) is 80.4 Å². The fourth-order valence-electron chi connectivity index (χ4n) is 4.51. The summed E-state index contributed by atoms with van der Waals surface area (Å²) in [6.07, 6.45) is 1.57. The van der Waals surface area contributed by atoms with Crippen molar-refractivity contribution in [3.63, 3.8) is 0 Å². The molecule has 0 aliphatic carbocycles. The number of benzene rings is 1. The number of furan rings is 1. The van der Waals surface area contributed by atoms with E-state index >= 15 is 0 Å². The number of aromatic nitrogens is 2. The molecule has 192 valence electrons. The third-order valence-electron chi connectivity index (χ3n) is 6.29. The first-order valence-corrected chi connectivity index (χ1v) is 14.1. The first-order chi connectivity index (χ1) is 17.7. The molecule has 4 aromatic rings. The van der Waals surface area contributed by atoms with E-state index in [1.807, 2.05) is 41.9 Å². The Morgan fingerprint density at radius 2 is 1.97 bits per heavy atom. The summed E-state index contributed by atoms with van der Waals surface area (Å²) in [6, 6.07) is 15.7. The summed E-state index contributed by atoms with van der Waals surface area (Å²) in [7, 11) is 0. The lowest BCUT2D eigenvalue weighted by Crippen LogP contribution is -2.42. The van der Waals surface area contributed by atoms with Gasteiger partial charge in [0.15, 0.2) is 0 Å². The molecule has 0 fully saturated rings. The molecule has 0 radical (unpaired) electrons. The van der Waals surface area contributed by atoms with E-state index in [1.165, 1.54) is 0 Å². The summed E-state index contributed by atoms with van der Waals surface area (Å²) < 4.78 is 7.22. The van der Waals surface area contributed by atoms with Gasteiger partial charge in [-0.25, -0.2) is 4.68 Å². The van der Waals surface area contributed by atoms with Crippen LogP contribution in [0, 0.1) is 6.92 Å². The van der Waals surface area contributed by atoms with Gasteiger partial charge in [0.05, 0.1) is 35.2 Å². The van der Waals surface area contributed by atoms with E-state index in [0.29, 0.717) is 11.6 Å². The van der Waals surface area contributed by atoms with E-state index in [4.69, 9.17) is 9.52 Å². The molecule has 1 aliphatic heterocycles. The van der Waals surface area contributed by atoms with Crippen LogP contribution in [0.5, 0.6) is 0 Å². The number of fused-ring (bicyclic) bond motifs is 1. The molecule has 5 rings (SSSR count). The van der Waals surface area contributed by atoms with Gasteiger partial charge in [0.1, 0.15) is 18.1 Å². The molecule has 1 aliphatic rings. The predicted molar refractivity (Wildman–Crippen MR) is 149 cm³/mol. The SMILES string of the molecule is Cc1ccccc1-n1nc(C(C)(C)C)c2c1N(CC(=O)NCc1ccco1)C(=O)CS[C@@H]2c1cccs1. The number of nitrogens with one attached hydrogen (secondary N) is 1. The molecule has 0 bridgehead atoms. The first-order valence-electron chi connectivity index (χ1n) is 12.2. The molecule has 3 aromatic heterocycles. The molecule has 0 unspecified atom stereocenters. The number of amides is 2. The van der Waals surface area contributed by atoms with E-state index in [-0.39, 0.29) is 41.3 Å². The van der Waals surface area contributed by atoms with E-state index in [2.05, 4.69) is 37.5 Å². The van der Waals surface area contributed by atoms with Crippen molar-refractivity contribution < 1.29 is 14.0 Å². The van der Waals surface area contributed by atoms with Crippen LogP contribution in [0.3, 0.4) is 0 Å². The Labute approximate surface area is 224 Å². The fourth-order valence-corrected chi connectivity index (χ4v) is 6.68. The molecule has 37 heavy (non-hydrogen) atoms. The Morgan fingerprint density at radius 3 is 2.65 bits per heavy atom. The number of para-hydroxylation sites is 1. The summed E-state index contributed by atoms with van der Waals surface area (Å²) in [4.78, 5) is 29.6. The van der Waals surface area contributed by atoms with Crippen molar-refractivity contribution in [2.45, 2.75) is 44.9 Å². The van der Waals surface area contributed by atoms with E-state index < -0.39 is 0 Å². The van der Waals surface area contributed by atoms with Crippen LogP contribution < -0.4 is 10.2 Å². The third kappa shape index (κ3) is 5.10. The highest BCUT2D eigenvalue weighted by molar-refractivity contribution is 8.00. The lowest BCUT2D eigenvalue weighted by Gasteiger charge is -2.24. The molecule has 1 atom stereocenters. The van der Waals surface area contributed by atoms with E-state index in [9.17, 15) is 9.59 Å². The summed E-state index contributed by atoms with van der Waals surface area (Å²) in [5, 5.41) is 10.0. The molecular formula is C28H30N4O3S2. The van der Waals surface area contributed by atoms with Crippen LogP contribution in [0.25, 0.3) is 5.69 Å². The number of hydrogen-bond donors (Lipinski definition) is 1. The van der Waals surface area contributed by atoms with E-state index in [1.54, 1.807) is 46.4 Å². The van der Waals surface area contributed by atoms with Crippen molar-refractivity contribution in [2.24, 2.45) is 0 Å². The zero-order valence-corrected chi connectivity index (χ0v) is 23.0. The van der Waals surface area contributed by atoms with Crippen LogP contribution in [0.15, 0.2) is 64.6 Å². The van der Waals surface area contributed by atoms with Crippen LogP contribution in [0.1, 0.15) is 53.5 Å². The number of carbonyl (C=O) groups is 2. The first kappa shape index (κ1) is 25.4. The minimum Gasteiger partial charge on any atom is -0.467 e. The smallest absolute Gasteiger partial charge is 0.240 e. The van der Waals surface area contributed by atoms with Crippen molar-refractivity contribution in [1.82, 2.24) is 15.1 Å². The second kappa shape index (κ2) is 10.2. The number of rotatable bonds is 6. The zero-order chi connectivity index (χ0) is 26.2. The van der Waals surface area contributed by atoms with Crippen LogP contribution >= 0.6 is 23.1 Å². The second-order valence-corrected chi connectivity index (χ2v) is 12.1. The van der Waals surface area contributed by atoms with Crippen molar-refractivity contribution in [1.29, 1.82) is 0 Å². The largest absolute Gasteiger partial charge is 0.467 e. The molecular weight excluding hydrogens is 504 g/mol. The van der Waals surface area contributed by atoms with Gasteiger partial charge in [-0.2, -0.15) is 5.10 Å².